The highest BCUT2D eigenvalue weighted by molar-refractivity contribution is 5.96. The van der Waals surface area contributed by atoms with Gasteiger partial charge in [-0.25, -0.2) is 4.98 Å². The molecule has 0 atom stereocenters. The topological polar surface area (TPSA) is 43.6 Å². The molecule has 0 saturated heterocycles. The van der Waals surface area contributed by atoms with Gasteiger partial charge in [0.2, 0.25) is 0 Å². The van der Waals surface area contributed by atoms with Crippen LogP contribution in [0.2, 0.25) is 0 Å². The van der Waals surface area contributed by atoms with E-state index in [4.69, 9.17) is 4.74 Å². The van der Waals surface area contributed by atoms with Crippen LogP contribution in [-0.2, 0) is 13.0 Å². The van der Waals surface area contributed by atoms with Crippen molar-refractivity contribution in [3.05, 3.63) is 65.6 Å². The minimum absolute atomic E-state index is 0.0648. The molecule has 2 aromatic heterocycles. The van der Waals surface area contributed by atoms with Crippen LogP contribution in [-0.4, -0.2) is 15.2 Å². The van der Waals surface area contributed by atoms with Crippen LogP contribution in [0.25, 0.3) is 5.65 Å². The van der Waals surface area contributed by atoms with Crippen molar-refractivity contribution in [3.63, 3.8) is 0 Å². The van der Waals surface area contributed by atoms with Gasteiger partial charge in [-0.05, 0) is 31.5 Å². The van der Waals surface area contributed by atoms with Crippen LogP contribution >= 0.6 is 0 Å². The summed E-state index contributed by atoms with van der Waals surface area (Å²) in [5, 5.41) is 0. The van der Waals surface area contributed by atoms with Gasteiger partial charge in [0.1, 0.15) is 18.0 Å². The number of carbonyl (C=O) groups excluding carboxylic acids is 1. The summed E-state index contributed by atoms with van der Waals surface area (Å²) in [6, 6.07) is 11.5. The summed E-state index contributed by atoms with van der Waals surface area (Å²) in [5.74, 6) is 0.822. The third-order valence-electron chi connectivity index (χ3n) is 3.66. The maximum atomic E-state index is 11.7. The van der Waals surface area contributed by atoms with E-state index in [9.17, 15) is 4.79 Å². The van der Waals surface area contributed by atoms with E-state index in [1.54, 1.807) is 6.92 Å². The van der Waals surface area contributed by atoms with Crippen LogP contribution in [0.5, 0.6) is 5.75 Å². The fourth-order valence-corrected chi connectivity index (χ4v) is 2.60. The number of ether oxygens (including phenoxy) is 1. The quantitative estimate of drug-likeness (QED) is 0.674. The number of fused-ring (bicyclic) bond motifs is 1. The van der Waals surface area contributed by atoms with Crippen molar-refractivity contribution in [1.82, 2.24) is 9.38 Å². The molecule has 0 radical (unpaired) electrons. The average Bonchev–Trinajstić information content (AvgIpc) is 2.95. The highest BCUT2D eigenvalue weighted by Crippen LogP contribution is 2.24. The first-order valence-electron chi connectivity index (χ1n) is 7.37. The van der Waals surface area contributed by atoms with Crippen LogP contribution in [0.1, 0.15) is 35.5 Å². The first-order valence-corrected chi connectivity index (χ1v) is 7.37. The molecular formula is C18H18N2O2. The Morgan fingerprint density at radius 2 is 2.09 bits per heavy atom. The van der Waals surface area contributed by atoms with Crippen molar-refractivity contribution >= 4 is 11.4 Å². The molecule has 0 aliphatic rings. The molecule has 112 valence electrons. The molecule has 0 fully saturated rings. The normalized spacial score (nSPS) is 10.8. The smallest absolute Gasteiger partial charge is 0.160 e. The first kappa shape index (κ1) is 14.3. The fourth-order valence-electron chi connectivity index (χ4n) is 2.60. The van der Waals surface area contributed by atoms with Gasteiger partial charge < -0.3 is 9.14 Å². The van der Waals surface area contributed by atoms with Crippen LogP contribution in [0.4, 0.5) is 0 Å². The number of ketones is 1. The molecular weight excluding hydrogens is 276 g/mol. The summed E-state index contributed by atoms with van der Waals surface area (Å²) in [4.78, 5) is 16.2. The molecule has 1 aromatic carbocycles. The molecule has 0 saturated carbocycles. The second-order valence-corrected chi connectivity index (χ2v) is 5.18. The molecule has 0 bridgehead atoms. The molecule has 0 spiro atoms. The van der Waals surface area contributed by atoms with Gasteiger partial charge in [0, 0.05) is 23.5 Å². The van der Waals surface area contributed by atoms with E-state index < -0.39 is 0 Å². The van der Waals surface area contributed by atoms with Gasteiger partial charge in [-0.2, -0.15) is 0 Å². The number of aromatic nitrogens is 2. The van der Waals surface area contributed by atoms with Crippen molar-refractivity contribution in [3.8, 4) is 5.75 Å². The average molecular weight is 294 g/mol. The Morgan fingerprint density at radius 1 is 1.23 bits per heavy atom. The molecule has 0 N–H and O–H groups in total. The molecule has 2 heterocycles. The monoisotopic (exact) mass is 294 g/mol. The van der Waals surface area contributed by atoms with Gasteiger partial charge in [-0.15, -0.1) is 0 Å². The highest BCUT2D eigenvalue weighted by atomic mass is 16.5. The lowest BCUT2D eigenvalue weighted by Gasteiger charge is -2.12. The molecule has 3 rings (SSSR count). The second-order valence-electron chi connectivity index (χ2n) is 5.18. The Hall–Kier alpha value is -2.62. The maximum Gasteiger partial charge on any atom is 0.160 e. The van der Waals surface area contributed by atoms with E-state index in [1.807, 2.05) is 60.1 Å². The SMILES string of the molecule is CCc1c(OCc2cn3ccccc3n2)cccc1C(C)=O. The molecule has 0 unspecified atom stereocenters. The third-order valence-corrected chi connectivity index (χ3v) is 3.66. The molecule has 0 aliphatic heterocycles. The number of benzene rings is 1. The zero-order chi connectivity index (χ0) is 15.5. The number of carbonyl (C=O) groups is 1. The van der Waals surface area contributed by atoms with Gasteiger partial charge in [0.25, 0.3) is 0 Å². The summed E-state index contributed by atoms with van der Waals surface area (Å²) in [5.41, 5.74) is 3.45. The zero-order valence-corrected chi connectivity index (χ0v) is 12.7. The van der Waals surface area contributed by atoms with E-state index >= 15 is 0 Å². The molecule has 22 heavy (non-hydrogen) atoms. The number of rotatable bonds is 5. The predicted octanol–water partition coefficient (Wildman–Crippen LogP) is 3.68. The van der Waals surface area contributed by atoms with Crippen LogP contribution in [0, 0.1) is 0 Å². The molecule has 0 amide bonds. The Bertz CT molecular complexity index is 788. The standard InChI is InChI=1S/C18H18N2O2/c1-3-15-16(13(2)21)7-6-8-17(15)22-12-14-11-20-10-5-4-9-18(20)19-14/h4-11H,3,12H2,1-2H3. The number of hydrogen-bond acceptors (Lipinski definition) is 3. The number of hydrogen-bond donors (Lipinski definition) is 0. The van der Waals surface area contributed by atoms with Crippen LogP contribution in [0.15, 0.2) is 48.8 Å². The van der Waals surface area contributed by atoms with Gasteiger partial charge in [0.05, 0.1) is 5.69 Å². The highest BCUT2D eigenvalue weighted by Gasteiger charge is 2.12. The third kappa shape index (κ3) is 2.72. The van der Waals surface area contributed by atoms with E-state index in [2.05, 4.69) is 4.98 Å². The van der Waals surface area contributed by atoms with Crippen molar-refractivity contribution in [2.45, 2.75) is 26.9 Å². The minimum atomic E-state index is 0.0648. The van der Waals surface area contributed by atoms with Crippen molar-refractivity contribution < 1.29 is 9.53 Å². The number of Topliss-reactive ketones (excluding diaryl/α,β-unsaturated/α-hetero) is 1. The van der Waals surface area contributed by atoms with Gasteiger partial charge in [0.15, 0.2) is 5.78 Å². The van der Waals surface area contributed by atoms with E-state index in [0.717, 1.165) is 34.6 Å². The van der Waals surface area contributed by atoms with Gasteiger partial charge >= 0.3 is 0 Å². The Morgan fingerprint density at radius 3 is 2.82 bits per heavy atom. The summed E-state index contributed by atoms with van der Waals surface area (Å²) in [6.07, 6.45) is 4.67. The molecule has 3 aromatic rings. The number of pyridine rings is 1. The van der Waals surface area contributed by atoms with Crippen LogP contribution < -0.4 is 4.74 Å². The van der Waals surface area contributed by atoms with Gasteiger partial charge in [-0.3, -0.25) is 4.79 Å². The van der Waals surface area contributed by atoms with E-state index in [1.165, 1.54) is 0 Å². The van der Waals surface area contributed by atoms with Crippen molar-refractivity contribution in [2.75, 3.05) is 0 Å². The maximum absolute atomic E-state index is 11.7. The lowest BCUT2D eigenvalue weighted by Crippen LogP contribution is -2.04. The van der Waals surface area contributed by atoms with Gasteiger partial charge in [-0.1, -0.05) is 25.1 Å². The number of nitrogens with zero attached hydrogens (tertiary/aromatic N) is 2. The molecule has 4 nitrogen and oxygen atoms in total. The molecule has 0 aliphatic carbocycles. The lowest BCUT2D eigenvalue weighted by molar-refractivity contribution is 0.101. The largest absolute Gasteiger partial charge is 0.487 e. The zero-order valence-electron chi connectivity index (χ0n) is 12.7. The summed E-state index contributed by atoms with van der Waals surface area (Å²) < 4.78 is 7.87. The Balaban J connectivity index is 1.84. The number of imidazole rings is 1. The van der Waals surface area contributed by atoms with Crippen molar-refractivity contribution in [2.24, 2.45) is 0 Å². The predicted molar refractivity (Wildman–Crippen MR) is 85.3 cm³/mol. The summed E-state index contributed by atoms with van der Waals surface area (Å²) in [7, 11) is 0. The summed E-state index contributed by atoms with van der Waals surface area (Å²) >= 11 is 0. The Kier molecular flexibility index (Phi) is 3.92. The lowest BCUT2D eigenvalue weighted by atomic mass is 10.0. The van der Waals surface area contributed by atoms with Crippen molar-refractivity contribution in [1.29, 1.82) is 0 Å². The van der Waals surface area contributed by atoms with Crippen LogP contribution in [0.3, 0.4) is 0 Å². The first-order chi connectivity index (χ1) is 10.7. The minimum Gasteiger partial charge on any atom is -0.487 e. The fraction of sp³-hybridized carbons (Fsp3) is 0.222. The Labute approximate surface area is 129 Å². The van der Waals surface area contributed by atoms with E-state index in [0.29, 0.717) is 6.61 Å². The second kappa shape index (κ2) is 6.02. The summed E-state index contributed by atoms with van der Waals surface area (Å²) in [6.45, 7) is 4.00. The molecule has 4 heteroatoms. The van der Waals surface area contributed by atoms with E-state index in [-0.39, 0.29) is 5.78 Å².